The molecule has 154 valence electrons. The molecule has 4 rings (SSSR count). The quantitative estimate of drug-likeness (QED) is 0.719. The van der Waals surface area contributed by atoms with Gasteiger partial charge < -0.3 is 25.2 Å². The first-order valence-electron chi connectivity index (χ1n) is 10.1. The van der Waals surface area contributed by atoms with Crippen molar-refractivity contribution in [1.82, 2.24) is 10.3 Å². The molecular weight excluding hydrogens is 370 g/mol. The summed E-state index contributed by atoms with van der Waals surface area (Å²) in [7, 11) is 0. The van der Waals surface area contributed by atoms with E-state index in [1.807, 2.05) is 31.2 Å². The molecule has 1 amide bonds. The molecule has 1 fully saturated rings. The molecule has 2 aliphatic rings. The summed E-state index contributed by atoms with van der Waals surface area (Å²) in [4.78, 5) is 16.7. The van der Waals surface area contributed by atoms with Crippen LogP contribution in [0.2, 0.25) is 0 Å². The van der Waals surface area contributed by atoms with Gasteiger partial charge in [0.2, 0.25) is 0 Å². The number of ether oxygens (including phenoxy) is 2. The Morgan fingerprint density at radius 1 is 1.34 bits per heavy atom. The van der Waals surface area contributed by atoms with Crippen LogP contribution >= 0.6 is 0 Å². The van der Waals surface area contributed by atoms with Crippen molar-refractivity contribution >= 4 is 11.6 Å². The largest absolute Gasteiger partial charge is 0.489 e. The Labute approximate surface area is 170 Å². The van der Waals surface area contributed by atoms with Gasteiger partial charge in [-0.2, -0.15) is 0 Å². The Balaban J connectivity index is 1.40. The number of carbonyl (C=O) groups is 1. The van der Waals surface area contributed by atoms with Gasteiger partial charge in [0, 0.05) is 17.8 Å². The summed E-state index contributed by atoms with van der Waals surface area (Å²) in [5.74, 6) is 1.32. The van der Waals surface area contributed by atoms with Gasteiger partial charge in [-0.05, 0) is 62.9 Å². The number of rotatable bonds is 5. The van der Waals surface area contributed by atoms with Crippen molar-refractivity contribution in [1.29, 1.82) is 0 Å². The molecular formula is C22H27N3O4. The lowest BCUT2D eigenvalue weighted by Gasteiger charge is -2.36. The van der Waals surface area contributed by atoms with Gasteiger partial charge in [-0.15, -0.1) is 0 Å². The summed E-state index contributed by atoms with van der Waals surface area (Å²) in [6, 6.07) is 9.23. The number of aliphatic hydroxyl groups excluding tert-OH is 1. The van der Waals surface area contributed by atoms with Crippen LogP contribution in [0.1, 0.15) is 43.0 Å². The van der Waals surface area contributed by atoms with Crippen molar-refractivity contribution in [2.45, 2.75) is 50.3 Å². The Hall–Kier alpha value is -2.80. The minimum Gasteiger partial charge on any atom is -0.489 e. The molecule has 0 saturated heterocycles. The number of carbonyl (C=O) groups excluding carboxylic acids is 1. The van der Waals surface area contributed by atoms with Crippen LogP contribution in [-0.4, -0.2) is 46.9 Å². The summed E-state index contributed by atoms with van der Waals surface area (Å²) in [5.41, 5.74) is 0.931. The normalized spacial score (nSPS) is 25.9. The molecule has 0 bridgehead atoms. The second-order valence-electron chi connectivity index (χ2n) is 8.14. The molecule has 7 nitrogen and oxygen atoms in total. The third kappa shape index (κ3) is 4.79. The van der Waals surface area contributed by atoms with Gasteiger partial charge in [0.25, 0.3) is 5.91 Å². The van der Waals surface area contributed by atoms with E-state index in [2.05, 4.69) is 15.6 Å². The molecule has 1 aromatic heterocycles. The lowest BCUT2D eigenvalue weighted by Crippen LogP contribution is -2.49. The topological polar surface area (TPSA) is 92.7 Å². The van der Waals surface area contributed by atoms with Crippen LogP contribution < -0.4 is 20.1 Å². The van der Waals surface area contributed by atoms with E-state index in [4.69, 9.17) is 9.47 Å². The molecule has 0 spiro atoms. The number of amides is 1. The van der Waals surface area contributed by atoms with Crippen molar-refractivity contribution in [2.75, 3.05) is 18.5 Å². The molecule has 2 aromatic rings. The lowest BCUT2D eigenvalue weighted by atomic mass is 9.93. The first kappa shape index (κ1) is 19.5. The molecule has 1 aromatic carbocycles. The smallest absolute Gasteiger partial charge is 0.251 e. The van der Waals surface area contributed by atoms with Crippen LogP contribution in [0, 0.1) is 0 Å². The number of hydrogen-bond donors (Lipinski definition) is 3. The zero-order valence-corrected chi connectivity index (χ0v) is 16.6. The van der Waals surface area contributed by atoms with Crippen LogP contribution in [0.4, 0.5) is 5.69 Å². The maximum absolute atomic E-state index is 12.7. The minimum atomic E-state index is -0.433. The molecule has 1 aliphatic heterocycles. The second-order valence-corrected chi connectivity index (χ2v) is 8.14. The van der Waals surface area contributed by atoms with E-state index in [-0.39, 0.29) is 18.1 Å². The number of benzene rings is 1. The highest BCUT2D eigenvalue weighted by atomic mass is 16.5. The number of aliphatic hydroxyl groups is 1. The third-order valence-corrected chi connectivity index (χ3v) is 5.45. The highest BCUT2D eigenvalue weighted by Crippen LogP contribution is 2.34. The number of nitrogens with zero attached hydrogens (tertiary/aromatic N) is 1. The van der Waals surface area contributed by atoms with Crippen LogP contribution in [-0.2, 0) is 0 Å². The van der Waals surface area contributed by atoms with Crippen molar-refractivity contribution in [3.63, 3.8) is 0 Å². The zero-order chi connectivity index (χ0) is 20.3. The first-order valence-corrected chi connectivity index (χ1v) is 10.1. The lowest BCUT2D eigenvalue weighted by molar-refractivity contribution is 0.0867. The van der Waals surface area contributed by atoms with Crippen LogP contribution in [0.15, 0.2) is 42.7 Å². The van der Waals surface area contributed by atoms with Crippen molar-refractivity contribution in [2.24, 2.45) is 0 Å². The maximum Gasteiger partial charge on any atom is 0.251 e. The number of hydrogen-bond acceptors (Lipinski definition) is 6. The highest BCUT2D eigenvalue weighted by molar-refractivity contribution is 5.96. The van der Waals surface area contributed by atoms with Crippen molar-refractivity contribution in [3.05, 3.63) is 48.3 Å². The summed E-state index contributed by atoms with van der Waals surface area (Å²) < 4.78 is 11.8. The monoisotopic (exact) mass is 397 g/mol. The number of aromatic nitrogens is 1. The predicted molar refractivity (Wildman–Crippen MR) is 109 cm³/mol. The predicted octanol–water partition coefficient (Wildman–Crippen LogP) is 2.76. The molecule has 1 saturated carbocycles. The summed E-state index contributed by atoms with van der Waals surface area (Å²) in [6.45, 7) is 2.88. The standard InChI is InChI=1S/C22H27N3O4/c1-22(13-28-18-3-2-10-23-12-18)14-29-20-9-4-15(11-19(20)25-22)21(27)24-16-5-7-17(26)8-6-16/h2-4,9-12,16-17,25-26H,5-8,13-14H2,1H3,(H,24,27). The van der Waals surface area contributed by atoms with Crippen molar-refractivity contribution in [3.8, 4) is 11.5 Å². The fourth-order valence-electron chi connectivity index (χ4n) is 3.73. The number of anilines is 1. The van der Waals surface area contributed by atoms with Gasteiger partial charge in [0.1, 0.15) is 30.3 Å². The molecule has 3 N–H and O–H groups in total. The average molecular weight is 397 g/mol. The number of fused-ring (bicyclic) bond motifs is 1. The van der Waals surface area contributed by atoms with E-state index in [9.17, 15) is 9.90 Å². The molecule has 2 heterocycles. The maximum atomic E-state index is 12.7. The first-order chi connectivity index (χ1) is 14.0. The average Bonchev–Trinajstić information content (AvgIpc) is 2.74. The highest BCUT2D eigenvalue weighted by Gasteiger charge is 2.32. The fraction of sp³-hybridized carbons (Fsp3) is 0.455. The van der Waals surface area contributed by atoms with Gasteiger partial charge in [0.05, 0.1) is 18.0 Å². The molecule has 7 heteroatoms. The van der Waals surface area contributed by atoms with Crippen LogP contribution in [0.25, 0.3) is 0 Å². The van der Waals surface area contributed by atoms with Gasteiger partial charge in [0.15, 0.2) is 0 Å². The van der Waals surface area contributed by atoms with E-state index >= 15 is 0 Å². The van der Waals surface area contributed by atoms with Gasteiger partial charge >= 0.3 is 0 Å². The molecule has 0 radical (unpaired) electrons. The molecule has 1 unspecified atom stereocenters. The van der Waals surface area contributed by atoms with E-state index in [1.165, 1.54) is 0 Å². The Bertz CT molecular complexity index is 852. The summed E-state index contributed by atoms with van der Waals surface area (Å²) >= 11 is 0. The van der Waals surface area contributed by atoms with Crippen molar-refractivity contribution < 1.29 is 19.4 Å². The Morgan fingerprint density at radius 2 is 2.17 bits per heavy atom. The summed E-state index contributed by atoms with van der Waals surface area (Å²) in [6.07, 6.45) is 6.23. The van der Waals surface area contributed by atoms with E-state index in [0.717, 1.165) is 37.1 Å². The van der Waals surface area contributed by atoms with Gasteiger partial charge in [-0.1, -0.05) is 0 Å². The van der Waals surface area contributed by atoms with Gasteiger partial charge in [-0.25, -0.2) is 0 Å². The Morgan fingerprint density at radius 3 is 2.93 bits per heavy atom. The van der Waals surface area contributed by atoms with Gasteiger partial charge in [-0.3, -0.25) is 9.78 Å². The third-order valence-electron chi connectivity index (χ3n) is 5.45. The molecule has 1 atom stereocenters. The molecule has 29 heavy (non-hydrogen) atoms. The van der Waals surface area contributed by atoms with E-state index < -0.39 is 5.54 Å². The minimum absolute atomic E-state index is 0.102. The molecule has 1 aliphatic carbocycles. The van der Waals surface area contributed by atoms with E-state index in [1.54, 1.807) is 18.5 Å². The number of pyridine rings is 1. The van der Waals surface area contributed by atoms with E-state index in [0.29, 0.717) is 24.5 Å². The van der Waals surface area contributed by atoms with Crippen LogP contribution in [0.3, 0.4) is 0 Å². The zero-order valence-electron chi connectivity index (χ0n) is 16.6. The fourth-order valence-corrected chi connectivity index (χ4v) is 3.73. The van der Waals surface area contributed by atoms with Crippen LogP contribution in [0.5, 0.6) is 11.5 Å². The summed E-state index contributed by atoms with van der Waals surface area (Å²) in [5, 5.41) is 16.2. The second kappa shape index (κ2) is 8.29. The Kier molecular flexibility index (Phi) is 5.58. The SMILES string of the molecule is CC1(COc2cccnc2)COc2ccc(C(=O)NC3CCC(O)CC3)cc2N1. The number of nitrogens with one attached hydrogen (secondary N) is 2.